The van der Waals surface area contributed by atoms with Crippen molar-refractivity contribution in [3.8, 4) is 10.7 Å². The van der Waals surface area contributed by atoms with Gasteiger partial charge in [-0.2, -0.15) is 0 Å². The molecule has 0 aliphatic rings. The summed E-state index contributed by atoms with van der Waals surface area (Å²) in [7, 11) is 0. The largest absolute Gasteiger partial charge is 0.275 e. The van der Waals surface area contributed by atoms with Gasteiger partial charge in [0.05, 0.1) is 10.4 Å². The Kier molecular flexibility index (Phi) is 2.56. The molecule has 5 heteroatoms. The quantitative estimate of drug-likeness (QED) is 0.737. The fraction of sp³-hybridized carbons (Fsp3) is 0. The van der Waals surface area contributed by atoms with E-state index in [1.54, 1.807) is 11.3 Å². The Morgan fingerprint density at radius 1 is 1.36 bits per heavy atom. The van der Waals surface area contributed by atoms with E-state index in [1.165, 1.54) is 12.4 Å². The minimum Gasteiger partial charge on any atom is -0.275 e. The predicted molar refractivity (Wildman–Crippen MR) is 55.5 cm³/mol. The van der Waals surface area contributed by atoms with Crippen molar-refractivity contribution < 1.29 is 4.79 Å². The summed E-state index contributed by atoms with van der Waals surface area (Å²) in [4.78, 5) is 19.8. The lowest BCUT2D eigenvalue weighted by Crippen LogP contribution is -1.93. The second kappa shape index (κ2) is 3.86. The number of carbonyl (C=O) groups excluding carboxylic acids is 1. The van der Waals surface area contributed by atoms with Crippen molar-refractivity contribution in [3.63, 3.8) is 0 Å². The van der Waals surface area contributed by atoms with Gasteiger partial charge in [-0.25, -0.2) is 9.97 Å². The third kappa shape index (κ3) is 1.81. The molecule has 0 amide bonds. The molecule has 14 heavy (non-hydrogen) atoms. The highest BCUT2D eigenvalue weighted by molar-refractivity contribution is 7.13. The van der Waals surface area contributed by atoms with Gasteiger partial charge in [0.1, 0.15) is 0 Å². The van der Waals surface area contributed by atoms with Crippen LogP contribution in [0.1, 0.15) is 10.4 Å². The van der Waals surface area contributed by atoms with E-state index in [-0.39, 0.29) is 0 Å². The number of nitrogens with zero attached hydrogens (tertiary/aromatic N) is 2. The van der Waals surface area contributed by atoms with E-state index in [4.69, 9.17) is 11.6 Å². The molecule has 0 unspecified atom stereocenters. The number of thiophene rings is 1. The van der Waals surface area contributed by atoms with Gasteiger partial charge in [0.15, 0.2) is 5.82 Å². The van der Waals surface area contributed by atoms with Gasteiger partial charge in [0.2, 0.25) is 0 Å². The number of carbonyl (C=O) groups is 1. The van der Waals surface area contributed by atoms with Crippen molar-refractivity contribution in [1.82, 2.24) is 9.97 Å². The van der Waals surface area contributed by atoms with Crippen LogP contribution < -0.4 is 0 Å². The van der Waals surface area contributed by atoms with Crippen LogP contribution in [0.3, 0.4) is 0 Å². The fourth-order valence-electron chi connectivity index (χ4n) is 0.963. The number of hydrogen-bond donors (Lipinski definition) is 0. The normalized spacial score (nSPS) is 10.1. The van der Waals surface area contributed by atoms with E-state index in [9.17, 15) is 4.79 Å². The van der Waals surface area contributed by atoms with Crippen molar-refractivity contribution in [2.45, 2.75) is 0 Å². The van der Waals surface area contributed by atoms with Crippen LogP contribution in [0.4, 0.5) is 0 Å². The zero-order chi connectivity index (χ0) is 9.97. The molecule has 0 saturated carbocycles. The van der Waals surface area contributed by atoms with Gasteiger partial charge >= 0.3 is 0 Å². The third-order valence-electron chi connectivity index (χ3n) is 1.62. The zero-order valence-electron chi connectivity index (χ0n) is 6.98. The molecule has 0 N–H and O–H groups in total. The predicted octanol–water partition coefficient (Wildman–Crippen LogP) is 2.58. The van der Waals surface area contributed by atoms with E-state index >= 15 is 0 Å². The molecule has 2 aromatic rings. The monoisotopic (exact) mass is 224 g/mol. The number of halogens is 1. The molecule has 2 aromatic heterocycles. The molecule has 3 nitrogen and oxygen atoms in total. The smallest absolute Gasteiger partial charge is 0.255 e. The van der Waals surface area contributed by atoms with Gasteiger partial charge in [-0.3, -0.25) is 4.79 Å². The van der Waals surface area contributed by atoms with E-state index < -0.39 is 5.24 Å². The van der Waals surface area contributed by atoms with Crippen molar-refractivity contribution >= 4 is 28.2 Å². The number of aromatic nitrogens is 2. The maximum Gasteiger partial charge on any atom is 0.255 e. The average molecular weight is 225 g/mol. The van der Waals surface area contributed by atoms with Crippen LogP contribution in [0.5, 0.6) is 0 Å². The Bertz CT molecular complexity index is 438. The van der Waals surface area contributed by atoms with Gasteiger partial charge in [-0.1, -0.05) is 6.07 Å². The summed E-state index contributed by atoms with van der Waals surface area (Å²) in [5.41, 5.74) is 0.312. The molecule has 0 radical (unpaired) electrons. The topological polar surface area (TPSA) is 42.9 Å². The summed E-state index contributed by atoms with van der Waals surface area (Å²) in [6.07, 6.45) is 2.86. The molecule has 0 aliphatic heterocycles. The SMILES string of the molecule is O=C(Cl)c1cnc(-c2cccs2)nc1. The van der Waals surface area contributed by atoms with Gasteiger partial charge in [-0.15, -0.1) is 11.3 Å². The minimum atomic E-state index is -0.539. The molecule has 70 valence electrons. The lowest BCUT2D eigenvalue weighted by Gasteiger charge is -1.95. The summed E-state index contributed by atoms with van der Waals surface area (Å²) < 4.78 is 0. The van der Waals surface area contributed by atoms with Crippen LogP contribution in [0.15, 0.2) is 29.9 Å². The van der Waals surface area contributed by atoms with Gasteiger partial charge in [0, 0.05) is 12.4 Å². The number of hydrogen-bond acceptors (Lipinski definition) is 4. The van der Waals surface area contributed by atoms with Gasteiger partial charge in [-0.05, 0) is 23.0 Å². The Balaban J connectivity index is 2.36. The molecule has 0 atom stereocenters. The summed E-state index contributed by atoms with van der Waals surface area (Å²) in [5, 5.41) is 1.40. The Morgan fingerprint density at radius 3 is 2.57 bits per heavy atom. The molecule has 0 aliphatic carbocycles. The molecule has 2 rings (SSSR count). The van der Waals surface area contributed by atoms with Gasteiger partial charge in [0.25, 0.3) is 5.24 Å². The van der Waals surface area contributed by atoms with E-state index in [0.717, 1.165) is 4.88 Å². The summed E-state index contributed by atoms with van der Waals surface area (Å²) in [6, 6.07) is 3.84. The highest BCUT2D eigenvalue weighted by Crippen LogP contribution is 2.20. The van der Waals surface area contributed by atoms with Crippen LogP contribution in [0, 0.1) is 0 Å². The summed E-state index contributed by atoms with van der Waals surface area (Å²) in [5.74, 6) is 0.613. The molecule has 0 aromatic carbocycles. The highest BCUT2D eigenvalue weighted by Gasteiger charge is 2.05. The zero-order valence-corrected chi connectivity index (χ0v) is 8.55. The molecular weight excluding hydrogens is 220 g/mol. The van der Waals surface area contributed by atoms with Crippen molar-refractivity contribution in [2.75, 3.05) is 0 Å². The molecule has 0 spiro atoms. The Hall–Kier alpha value is -1.26. The first-order chi connectivity index (χ1) is 6.77. The van der Waals surface area contributed by atoms with E-state index in [2.05, 4.69) is 9.97 Å². The summed E-state index contributed by atoms with van der Waals surface area (Å²) >= 11 is 6.81. The second-order valence-electron chi connectivity index (χ2n) is 2.55. The first-order valence-corrected chi connectivity index (χ1v) is 5.09. The Labute approximate surface area is 89.4 Å². The minimum absolute atomic E-state index is 0.312. The summed E-state index contributed by atoms with van der Waals surface area (Å²) in [6.45, 7) is 0. The first-order valence-electron chi connectivity index (χ1n) is 3.83. The maximum atomic E-state index is 10.7. The molecule has 0 saturated heterocycles. The lowest BCUT2D eigenvalue weighted by molar-refractivity contribution is 0.108. The van der Waals surface area contributed by atoms with Gasteiger partial charge < -0.3 is 0 Å². The van der Waals surface area contributed by atoms with Crippen LogP contribution in [-0.2, 0) is 0 Å². The van der Waals surface area contributed by atoms with Crippen molar-refractivity contribution in [2.24, 2.45) is 0 Å². The first kappa shape index (κ1) is 9.30. The second-order valence-corrected chi connectivity index (χ2v) is 3.84. The lowest BCUT2D eigenvalue weighted by atomic mass is 10.3. The van der Waals surface area contributed by atoms with Crippen LogP contribution in [-0.4, -0.2) is 15.2 Å². The molecule has 0 fully saturated rings. The maximum absolute atomic E-state index is 10.7. The van der Waals surface area contributed by atoms with Crippen molar-refractivity contribution in [1.29, 1.82) is 0 Å². The highest BCUT2D eigenvalue weighted by atomic mass is 35.5. The molecule has 2 heterocycles. The molecule has 0 bridgehead atoms. The van der Waals surface area contributed by atoms with E-state index in [0.29, 0.717) is 11.4 Å². The van der Waals surface area contributed by atoms with Crippen LogP contribution in [0.25, 0.3) is 10.7 Å². The molecular formula is C9H5ClN2OS. The third-order valence-corrected chi connectivity index (χ3v) is 2.70. The average Bonchev–Trinajstić information content (AvgIpc) is 2.71. The van der Waals surface area contributed by atoms with Crippen LogP contribution >= 0.6 is 22.9 Å². The van der Waals surface area contributed by atoms with Crippen LogP contribution in [0.2, 0.25) is 0 Å². The number of rotatable bonds is 2. The standard InChI is InChI=1S/C9H5ClN2OS/c10-8(13)6-4-11-9(12-5-6)7-2-1-3-14-7/h1-5H. The Morgan fingerprint density at radius 2 is 2.07 bits per heavy atom. The van der Waals surface area contributed by atoms with Crippen molar-refractivity contribution in [3.05, 3.63) is 35.5 Å². The van der Waals surface area contributed by atoms with E-state index in [1.807, 2.05) is 17.5 Å². The fourth-order valence-corrected chi connectivity index (χ4v) is 1.73.